The topological polar surface area (TPSA) is 54.9 Å². The number of nitrogens with zero attached hydrogens (tertiary/aromatic N) is 2. The molecule has 0 aliphatic heterocycles. The van der Waals surface area contributed by atoms with E-state index in [2.05, 4.69) is 23.5 Å². The van der Waals surface area contributed by atoms with Gasteiger partial charge in [-0.2, -0.15) is 0 Å². The van der Waals surface area contributed by atoms with Crippen molar-refractivity contribution in [1.29, 1.82) is 0 Å². The summed E-state index contributed by atoms with van der Waals surface area (Å²) in [5, 5.41) is 2.93. The van der Waals surface area contributed by atoms with E-state index in [-0.39, 0.29) is 18.1 Å². The molecule has 0 fully saturated rings. The van der Waals surface area contributed by atoms with Crippen molar-refractivity contribution in [2.75, 3.05) is 5.32 Å². The average molecular weight is 389 g/mol. The molecule has 0 bridgehead atoms. The Hall–Kier alpha value is -3.08. The van der Waals surface area contributed by atoms with Crippen LogP contribution in [0.15, 0.2) is 48.5 Å². The third kappa shape index (κ3) is 4.34. The number of rotatable bonds is 4. The number of carbonyl (C=O) groups excluding carboxylic acids is 1. The van der Waals surface area contributed by atoms with E-state index in [0.717, 1.165) is 53.9 Å². The summed E-state index contributed by atoms with van der Waals surface area (Å²) in [6.07, 6.45) is 4.90. The van der Waals surface area contributed by atoms with E-state index in [9.17, 15) is 9.18 Å². The van der Waals surface area contributed by atoms with Crippen molar-refractivity contribution in [3.8, 4) is 11.3 Å². The smallest absolute Gasteiger partial charge is 0.229 e. The van der Waals surface area contributed by atoms with E-state index in [0.29, 0.717) is 12.2 Å². The van der Waals surface area contributed by atoms with Gasteiger partial charge >= 0.3 is 0 Å². The molecule has 4 nitrogen and oxygen atoms in total. The number of aromatic nitrogens is 2. The van der Waals surface area contributed by atoms with Gasteiger partial charge < -0.3 is 5.32 Å². The first-order valence-corrected chi connectivity index (χ1v) is 10.2. The molecule has 1 aliphatic carbocycles. The molecule has 0 radical (unpaired) electrons. The Bertz CT molecular complexity index is 1030. The summed E-state index contributed by atoms with van der Waals surface area (Å²) >= 11 is 0. The van der Waals surface area contributed by atoms with Gasteiger partial charge in [0.25, 0.3) is 0 Å². The van der Waals surface area contributed by atoms with Crippen molar-refractivity contribution < 1.29 is 9.18 Å². The van der Waals surface area contributed by atoms with Crippen LogP contribution in [-0.2, 0) is 30.5 Å². The molecule has 29 heavy (non-hydrogen) atoms. The minimum Gasteiger partial charge on any atom is -0.309 e. The van der Waals surface area contributed by atoms with Crippen molar-refractivity contribution in [2.45, 2.75) is 45.4 Å². The Morgan fingerprint density at radius 1 is 1.03 bits per heavy atom. The van der Waals surface area contributed by atoms with Crippen molar-refractivity contribution in [3.63, 3.8) is 0 Å². The molecule has 0 atom stereocenters. The van der Waals surface area contributed by atoms with Crippen LogP contribution in [0.2, 0.25) is 0 Å². The molecular formula is C24H24FN3O. The van der Waals surface area contributed by atoms with Crippen LogP contribution in [0.3, 0.4) is 0 Å². The normalized spacial score (nSPS) is 13.0. The number of nitrogens with one attached hydrogen (secondary N) is 1. The Morgan fingerprint density at radius 2 is 1.79 bits per heavy atom. The number of anilines is 1. The number of amides is 1. The van der Waals surface area contributed by atoms with Gasteiger partial charge in [0.2, 0.25) is 5.91 Å². The predicted octanol–water partition coefficient (Wildman–Crippen LogP) is 4.91. The van der Waals surface area contributed by atoms with Crippen LogP contribution < -0.4 is 5.32 Å². The largest absolute Gasteiger partial charge is 0.309 e. The van der Waals surface area contributed by atoms with Gasteiger partial charge in [0.05, 0.1) is 23.5 Å². The van der Waals surface area contributed by atoms with Gasteiger partial charge in [-0.1, -0.05) is 43.3 Å². The molecule has 3 aromatic rings. The molecule has 0 saturated heterocycles. The number of fused-ring (bicyclic) bond motifs is 3. The summed E-state index contributed by atoms with van der Waals surface area (Å²) in [7, 11) is 0. The van der Waals surface area contributed by atoms with Crippen LogP contribution >= 0.6 is 0 Å². The molecule has 1 aromatic heterocycles. The zero-order valence-corrected chi connectivity index (χ0v) is 16.5. The molecule has 1 amide bonds. The number of hydrogen-bond donors (Lipinski definition) is 1. The number of halogens is 1. The Morgan fingerprint density at radius 3 is 2.59 bits per heavy atom. The van der Waals surface area contributed by atoms with Gasteiger partial charge in [-0.25, -0.2) is 14.4 Å². The molecule has 148 valence electrons. The highest BCUT2D eigenvalue weighted by molar-refractivity contribution is 5.92. The molecule has 0 saturated carbocycles. The van der Waals surface area contributed by atoms with Crippen molar-refractivity contribution in [1.82, 2.24) is 9.97 Å². The third-order valence-corrected chi connectivity index (χ3v) is 5.29. The standard InChI is InChI=1S/C24H24FN3O/c1-2-20-24(28-22(29)15-16-11-13-18(25)14-12-16)27-21-10-6-4-8-17-7-3-5-9-19(17)23(21)26-20/h3,5,7,9,11-14H,2,4,6,8,10,15H2,1H3,(H,27,28,29). The first-order valence-electron chi connectivity index (χ1n) is 10.2. The predicted molar refractivity (Wildman–Crippen MR) is 112 cm³/mol. The van der Waals surface area contributed by atoms with Crippen LogP contribution in [0, 0.1) is 5.82 Å². The van der Waals surface area contributed by atoms with Crippen LogP contribution in [0.4, 0.5) is 10.2 Å². The van der Waals surface area contributed by atoms with Gasteiger partial charge in [0.15, 0.2) is 5.82 Å². The van der Waals surface area contributed by atoms with Gasteiger partial charge in [-0.15, -0.1) is 0 Å². The Balaban J connectivity index is 1.64. The Kier molecular flexibility index (Phi) is 5.65. The monoisotopic (exact) mass is 389 g/mol. The van der Waals surface area contributed by atoms with Crippen LogP contribution in [0.1, 0.15) is 42.3 Å². The van der Waals surface area contributed by atoms with Crippen LogP contribution in [0.5, 0.6) is 0 Å². The van der Waals surface area contributed by atoms with Crippen LogP contribution in [0.25, 0.3) is 11.3 Å². The summed E-state index contributed by atoms with van der Waals surface area (Å²) in [6.45, 7) is 2.01. The second-order valence-electron chi connectivity index (χ2n) is 7.38. The minimum absolute atomic E-state index is 0.172. The number of carbonyl (C=O) groups is 1. The SMILES string of the molecule is CCc1nc2c(nc1NC(=O)Cc1ccc(F)cc1)CCCCc1ccccc1-2. The number of benzene rings is 2. The molecule has 1 N–H and O–H groups in total. The maximum Gasteiger partial charge on any atom is 0.229 e. The lowest BCUT2D eigenvalue weighted by atomic mass is 9.93. The van der Waals surface area contributed by atoms with E-state index < -0.39 is 0 Å². The highest BCUT2D eigenvalue weighted by Crippen LogP contribution is 2.31. The Labute approximate surface area is 170 Å². The first-order chi connectivity index (χ1) is 14.1. The second-order valence-corrected chi connectivity index (χ2v) is 7.38. The second kappa shape index (κ2) is 8.52. The van der Waals surface area contributed by atoms with Gasteiger partial charge in [-0.05, 0) is 55.4 Å². The molecule has 4 rings (SSSR count). The molecule has 1 heterocycles. The maximum absolute atomic E-state index is 13.1. The summed E-state index contributed by atoms with van der Waals surface area (Å²) in [6, 6.07) is 14.4. The summed E-state index contributed by atoms with van der Waals surface area (Å²) in [5.74, 6) is 0.0541. The average Bonchev–Trinajstić information content (AvgIpc) is 2.72. The molecule has 1 aliphatic rings. The van der Waals surface area contributed by atoms with E-state index >= 15 is 0 Å². The molecule has 0 spiro atoms. The lowest BCUT2D eigenvalue weighted by Crippen LogP contribution is -2.19. The van der Waals surface area contributed by atoms with E-state index in [4.69, 9.17) is 9.97 Å². The van der Waals surface area contributed by atoms with Crippen molar-refractivity contribution in [3.05, 3.63) is 76.9 Å². The highest BCUT2D eigenvalue weighted by Gasteiger charge is 2.19. The molecule has 5 heteroatoms. The number of aryl methyl sites for hydroxylation is 3. The fourth-order valence-corrected chi connectivity index (χ4v) is 3.78. The van der Waals surface area contributed by atoms with Gasteiger partial charge in [-0.3, -0.25) is 4.79 Å². The number of hydrogen-bond acceptors (Lipinski definition) is 3. The van der Waals surface area contributed by atoms with Gasteiger partial charge in [0.1, 0.15) is 5.82 Å². The van der Waals surface area contributed by atoms with Crippen molar-refractivity contribution >= 4 is 11.7 Å². The summed E-state index contributed by atoms with van der Waals surface area (Å²) in [5.41, 5.74) is 5.87. The quantitative estimate of drug-likeness (QED) is 0.690. The molecule has 2 aromatic carbocycles. The third-order valence-electron chi connectivity index (χ3n) is 5.29. The first kappa shape index (κ1) is 19.2. The fraction of sp³-hybridized carbons (Fsp3) is 0.292. The summed E-state index contributed by atoms with van der Waals surface area (Å²) < 4.78 is 13.1. The maximum atomic E-state index is 13.1. The lowest BCUT2D eigenvalue weighted by molar-refractivity contribution is -0.115. The van der Waals surface area contributed by atoms with E-state index in [1.54, 1.807) is 12.1 Å². The minimum atomic E-state index is -0.310. The zero-order valence-electron chi connectivity index (χ0n) is 16.5. The fourth-order valence-electron chi connectivity index (χ4n) is 3.78. The molecule has 0 unspecified atom stereocenters. The lowest BCUT2D eigenvalue weighted by Gasteiger charge is -2.19. The van der Waals surface area contributed by atoms with Crippen LogP contribution in [-0.4, -0.2) is 15.9 Å². The molecular weight excluding hydrogens is 365 g/mol. The van der Waals surface area contributed by atoms with E-state index in [1.807, 2.05) is 13.0 Å². The van der Waals surface area contributed by atoms with Gasteiger partial charge in [0, 0.05) is 5.56 Å². The zero-order chi connectivity index (χ0) is 20.2. The van der Waals surface area contributed by atoms with Crippen molar-refractivity contribution in [2.24, 2.45) is 0 Å². The van der Waals surface area contributed by atoms with E-state index in [1.165, 1.54) is 17.7 Å². The highest BCUT2D eigenvalue weighted by atomic mass is 19.1. The summed E-state index contributed by atoms with van der Waals surface area (Å²) in [4.78, 5) is 22.3.